The Kier molecular flexibility index (Phi) is 10.1. The SMILES string of the molecule is N#Cc1ccccc1-c1ccc2c(c1)c1ccccc1n2-c1c(-c2ccc(C(F)(F)F)cc2)cc(-c2nc(-c3ccccc3)cc(-c3ccccc3)n2)cc1-c1ccc(C(F)(F)F)cc1. The zero-order chi connectivity index (χ0) is 44.9. The Bertz CT molecular complexity index is 3300. The fourth-order valence-electron chi connectivity index (χ4n) is 8.43. The number of nitriles is 1. The highest BCUT2D eigenvalue weighted by molar-refractivity contribution is 6.12. The van der Waals surface area contributed by atoms with Crippen LogP contribution in [0.5, 0.6) is 0 Å². The number of benzene rings is 8. The van der Waals surface area contributed by atoms with Gasteiger partial charge >= 0.3 is 12.4 Å². The molecule has 65 heavy (non-hydrogen) atoms. The van der Waals surface area contributed by atoms with E-state index >= 15 is 0 Å². The number of aromatic nitrogens is 3. The van der Waals surface area contributed by atoms with E-state index in [2.05, 4.69) is 6.07 Å². The second kappa shape index (κ2) is 16.1. The van der Waals surface area contributed by atoms with Crippen molar-refractivity contribution >= 4 is 21.8 Å². The molecule has 0 spiro atoms. The van der Waals surface area contributed by atoms with E-state index in [-0.39, 0.29) is 0 Å². The summed E-state index contributed by atoms with van der Waals surface area (Å²) in [5, 5.41) is 11.6. The van der Waals surface area contributed by atoms with Gasteiger partial charge in [-0.3, -0.25) is 0 Å². The van der Waals surface area contributed by atoms with E-state index in [4.69, 9.17) is 9.97 Å². The molecule has 0 aliphatic carbocycles. The van der Waals surface area contributed by atoms with Gasteiger partial charge in [0.1, 0.15) is 0 Å². The molecular formula is C55H32F6N4. The lowest BCUT2D eigenvalue weighted by atomic mass is 9.91. The lowest BCUT2D eigenvalue weighted by Crippen LogP contribution is -2.06. The second-order valence-electron chi connectivity index (χ2n) is 15.5. The number of rotatable bonds is 7. The molecule has 10 rings (SSSR count). The second-order valence-corrected chi connectivity index (χ2v) is 15.5. The molecular weight excluding hydrogens is 831 g/mol. The number of alkyl halides is 6. The Hall–Kier alpha value is -8.29. The lowest BCUT2D eigenvalue weighted by molar-refractivity contribution is -0.138. The largest absolute Gasteiger partial charge is 0.416 e. The maximum absolute atomic E-state index is 14.1. The first-order valence-corrected chi connectivity index (χ1v) is 20.5. The van der Waals surface area contributed by atoms with E-state index in [1.54, 1.807) is 12.1 Å². The van der Waals surface area contributed by atoms with Crippen LogP contribution in [0.15, 0.2) is 194 Å². The van der Waals surface area contributed by atoms with E-state index in [0.29, 0.717) is 61.8 Å². The summed E-state index contributed by atoms with van der Waals surface area (Å²) in [6.45, 7) is 0. The molecule has 10 aromatic rings. The van der Waals surface area contributed by atoms with Crippen molar-refractivity contribution in [2.45, 2.75) is 12.4 Å². The third-order valence-corrected chi connectivity index (χ3v) is 11.5. The molecule has 0 aliphatic heterocycles. The molecule has 4 nitrogen and oxygen atoms in total. The van der Waals surface area contributed by atoms with Gasteiger partial charge in [-0.2, -0.15) is 31.6 Å². The summed E-state index contributed by atoms with van der Waals surface area (Å²) in [6.07, 6.45) is -9.22. The molecule has 0 fully saturated rings. The number of hydrogen-bond donors (Lipinski definition) is 0. The molecule has 0 radical (unpaired) electrons. The smallest absolute Gasteiger partial charge is 0.308 e. The minimum atomic E-state index is -4.61. The summed E-state index contributed by atoms with van der Waals surface area (Å²) in [6, 6.07) is 57.5. The zero-order valence-electron chi connectivity index (χ0n) is 34.0. The number of hydrogen-bond acceptors (Lipinski definition) is 3. The van der Waals surface area contributed by atoms with Crippen LogP contribution in [0.3, 0.4) is 0 Å². The Balaban J connectivity index is 1.32. The van der Waals surface area contributed by atoms with Gasteiger partial charge in [0.2, 0.25) is 0 Å². The number of halogens is 6. The van der Waals surface area contributed by atoms with E-state index in [1.807, 2.05) is 138 Å². The molecule has 2 heterocycles. The third-order valence-electron chi connectivity index (χ3n) is 11.5. The van der Waals surface area contributed by atoms with Gasteiger partial charge in [-0.05, 0) is 89.0 Å². The van der Waals surface area contributed by atoms with Crippen molar-refractivity contribution in [1.29, 1.82) is 5.26 Å². The Morgan fingerprint density at radius 1 is 0.400 bits per heavy atom. The predicted octanol–water partition coefficient (Wildman–Crippen LogP) is 15.5. The fourth-order valence-corrected chi connectivity index (χ4v) is 8.43. The summed E-state index contributed by atoms with van der Waals surface area (Å²) >= 11 is 0. The van der Waals surface area contributed by atoms with Crippen molar-refractivity contribution in [2.75, 3.05) is 0 Å². The van der Waals surface area contributed by atoms with Crippen molar-refractivity contribution < 1.29 is 26.3 Å². The van der Waals surface area contributed by atoms with Gasteiger partial charge in [0.25, 0.3) is 0 Å². The molecule has 314 valence electrons. The zero-order valence-corrected chi connectivity index (χ0v) is 34.0. The van der Waals surface area contributed by atoms with Gasteiger partial charge in [-0.15, -0.1) is 0 Å². The third kappa shape index (κ3) is 7.67. The van der Waals surface area contributed by atoms with Crippen molar-refractivity contribution in [2.24, 2.45) is 0 Å². The quantitative estimate of drug-likeness (QED) is 0.150. The molecule has 2 aromatic heterocycles. The molecule has 10 heteroatoms. The molecule has 0 aliphatic rings. The monoisotopic (exact) mass is 862 g/mol. The Morgan fingerprint density at radius 3 is 1.42 bits per heavy atom. The highest BCUT2D eigenvalue weighted by atomic mass is 19.4. The summed E-state index contributed by atoms with van der Waals surface area (Å²) in [5.74, 6) is 0.293. The maximum Gasteiger partial charge on any atom is 0.416 e. The minimum Gasteiger partial charge on any atom is -0.308 e. The topological polar surface area (TPSA) is 54.5 Å². The number of fused-ring (bicyclic) bond motifs is 3. The van der Waals surface area contributed by atoms with Crippen LogP contribution in [-0.4, -0.2) is 14.5 Å². The van der Waals surface area contributed by atoms with E-state index in [9.17, 15) is 31.6 Å². The van der Waals surface area contributed by atoms with Crippen LogP contribution in [0.1, 0.15) is 16.7 Å². The average Bonchev–Trinajstić information content (AvgIpc) is 3.66. The summed E-state index contributed by atoms with van der Waals surface area (Å²) < 4.78 is 86.6. The van der Waals surface area contributed by atoms with E-state index in [1.165, 1.54) is 24.3 Å². The molecule has 0 N–H and O–H groups in total. The van der Waals surface area contributed by atoms with Gasteiger partial charge < -0.3 is 4.57 Å². The molecule has 0 saturated carbocycles. The van der Waals surface area contributed by atoms with Gasteiger partial charge in [0.15, 0.2) is 5.82 Å². The van der Waals surface area contributed by atoms with Crippen LogP contribution in [-0.2, 0) is 12.4 Å². The van der Waals surface area contributed by atoms with Crippen LogP contribution in [0, 0.1) is 11.3 Å². The summed E-state index contributed by atoms with van der Waals surface area (Å²) in [5.41, 5.74) is 7.42. The molecule has 0 atom stereocenters. The first kappa shape index (κ1) is 40.8. The van der Waals surface area contributed by atoms with Crippen LogP contribution in [0.4, 0.5) is 26.3 Å². The predicted molar refractivity (Wildman–Crippen MR) is 244 cm³/mol. The van der Waals surface area contributed by atoms with Gasteiger partial charge in [-0.1, -0.05) is 127 Å². The lowest BCUT2D eigenvalue weighted by Gasteiger charge is -2.22. The van der Waals surface area contributed by atoms with Gasteiger partial charge in [0, 0.05) is 38.6 Å². The first-order chi connectivity index (χ1) is 31.4. The highest BCUT2D eigenvalue weighted by Gasteiger charge is 2.32. The van der Waals surface area contributed by atoms with E-state index < -0.39 is 23.5 Å². The standard InChI is InChI=1S/C55H32F6N4/c56-54(57,58)41-24-19-34(20-25-41)45-30-40(53-63-48(36-11-3-1-4-12-36)32-49(64-53)37-13-5-2-6-14-37)31-46(35-21-26-42(27-22-35)55(59,60)61)52(45)65-50-18-10-9-17-44(50)47-29-38(23-28-51(47)65)43-16-8-7-15-39(43)33-62/h1-32H. The van der Waals surface area contributed by atoms with Crippen molar-refractivity contribution in [3.05, 3.63) is 211 Å². The number of nitrogens with zero attached hydrogens (tertiary/aromatic N) is 4. The van der Waals surface area contributed by atoms with Crippen molar-refractivity contribution in [3.8, 4) is 79.0 Å². The van der Waals surface area contributed by atoms with Crippen LogP contribution >= 0.6 is 0 Å². The summed E-state index contributed by atoms with van der Waals surface area (Å²) in [4.78, 5) is 10.1. The fraction of sp³-hybridized carbons (Fsp3) is 0.0364. The molecule has 0 amide bonds. The highest BCUT2D eigenvalue weighted by Crippen LogP contribution is 2.46. The normalized spacial score (nSPS) is 11.8. The molecule has 8 aromatic carbocycles. The Morgan fingerprint density at radius 2 is 0.877 bits per heavy atom. The molecule has 0 saturated heterocycles. The van der Waals surface area contributed by atoms with E-state index in [0.717, 1.165) is 62.8 Å². The van der Waals surface area contributed by atoms with Gasteiger partial charge in [0.05, 0.1) is 50.9 Å². The van der Waals surface area contributed by atoms with Crippen LogP contribution < -0.4 is 0 Å². The molecule has 0 bridgehead atoms. The minimum absolute atomic E-state index is 0.293. The van der Waals surface area contributed by atoms with Crippen molar-refractivity contribution in [3.63, 3.8) is 0 Å². The average molecular weight is 863 g/mol. The van der Waals surface area contributed by atoms with Gasteiger partial charge in [-0.25, -0.2) is 9.97 Å². The first-order valence-electron chi connectivity index (χ1n) is 20.5. The summed E-state index contributed by atoms with van der Waals surface area (Å²) in [7, 11) is 0. The van der Waals surface area contributed by atoms with Crippen LogP contribution in [0.2, 0.25) is 0 Å². The van der Waals surface area contributed by atoms with Crippen LogP contribution in [0.25, 0.3) is 94.8 Å². The molecule has 0 unspecified atom stereocenters. The number of para-hydroxylation sites is 1. The maximum atomic E-state index is 14.1. The Labute approximate surface area is 369 Å². The van der Waals surface area contributed by atoms with Crippen molar-refractivity contribution in [1.82, 2.24) is 14.5 Å².